The first kappa shape index (κ1) is 20.8. The standard InChI is InChI=1S/C24H25N3O4/c1-15-6-5-7-17(14-15)21(28)25-18-10-12-26(13-11-18)22(29)16(2)27-23(30)19-8-3-4-9-20(19)24(27)31/h3-9,14,16,18H,10-13H2,1-2H3,(H,25,28). The predicted octanol–water partition coefficient (Wildman–Crippen LogP) is 2.40. The zero-order chi connectivity index (χ0) is 22.1. The van der Waals surface area contributed by atoms with Crippen molar-refractivity contribution in [1.29, 1.82) is 0 Å². The third kappa shape index (κ3) is 3.95. The second-order valence-corrected chi connectivity index (χ2v) is 8.14. The Kier molecular flexibility index (Phi) is 5.59. The Morgan fingerprint density at radius 1 is 0.968 bits per heavy atom. The van der Waals surface area contributed by atoms with Gasteiger partial charge < -0.3 is 10.2 Å². The van der Waals surface area contributed by atoms with Crippen molar-refractivity contribution in [1.82, 2.24) is 15.1 Å². The van der Waals surface area contributed by atoms with Gasteiger partial charge in [-0.1, -0.05) is 29.8 Å². The van der Waals surface area contributed by atoms with Crippen LogP contribution in [0.15, 0.2) is 48.5 Å². The van der Waals surface area contributed by atoms with Gasteiger partial charge in [-0.3, -0.25) is 24.1 Å². The zero-order valence-electron chi connectivity index (χ0n) is 17.6. The lowest BCUT2D eigenvalue weighted by Gasteiger charge is -2.35. The molecule has 4 rings (SSSR count). The monoisotopic (exact) mass is 419 g/mol. The summed E-state index contributed by atoms with van der Waals surface area (Å²) in [4.78, 5) is 53.5. The highest BCUT2D eigenvalue weighted by atomic mass is 16.2. The van der Waals surface area contributed by atoms with Crippen LogP contribution in [0.5, 0.6) is 0 Å². The molecule has 2 heterocycles. The Balaban J connectivity index is 1.35. The number of rotatable bonds is 4. The van der Waals surface area contributed by atoms with E-state index in [2.05, 4.69) is 5.32 Å². The topological polar surface area (TPSA) is 86.8 Å². The molecule has 1 unspecified atom stereocenters. The molecule has 31 heavy (non-hydrogen) atoms. The third-order valence-electron chi connectivity index (χ3n) is 5.99. The van der Waals surface area contributed by atoms with Crippen LogP contribution in [0.25, 0.3) is 0 Å². The fraction of sp³-hybridized carbons (Fsp3) is 0.333. The maximum absolute atomic E-state index is 13.0. The summed E-state index contributed by atoms with van der Waals surface area (Å²) in [5, 5.41) is 3.04. The van der Waals surface area contributed by atoms with Crippen molar-refractivity contribution in [2.45, 2.75) is 38.8 Å². The minimum absolute atomic E-state index is 0.0216. The number of benzene rings is 2. The van der Waals surface area contributed by atoms with Crippen LogP contribution in [0.4, 0.5) is 0 Å². The average molecular weight is 419 g/mol. The zero-order valence-corrected chi connectivity index (χ0v) is 17.6. The second kappa shape index (κ2) is 8.34. The number of nitrogens with zero attached hydrogens (tertiary/aromatic N) is 2. The van der Waals surface area contributed by atoms with Gasteiger partial charge in [0.1, 0.15) is 6.04 Å². The van der Waals surface area contributed by atoms with Crippen LogP contribution in [0.1, 0.15) is 56.4 Å². The Morgan fingerprint density at radius 3 is 2.16 bits per heavy atom. The summed E-state index contributed by atoms with van der Waals surface area (Å²) in [7, 11) is 0. The molecule has 1 fully saturated rings. The maximum atomic E-state index is 13.0. The van der Waals surface area contributed by atoms with E-state index in [0.29, 0.717) is 42.6 Å². The van der Waals surface area contributed by atoms with Crippen molar-refractivity contribution in [3.8, 4) is 0 Å². The van der Waals surface area contributed by atoms with Gasteiger partial charge in [-0.05, 0) is 51.0 Å². The van der Waals surface area contributed by atoms with E-state index in [1.165, 1.54) is 0 Å². The maximum Gasteiger partial charge on any atom is 0.262 e. The molecule has 2 aromatic carbocycles. The smallest absolute Gasteiger partial charge is 0.262 e. The molecule has 0 aromatic heterocycles. The van der Waals surface area contributed by atoms with Gasteiger partial charge in [0, 0.05) is 24.7 Å². The number of likely N-dealkylation sites (tertiary alicyclic amines) is 1. The van der Waals surface area contributed by atoms with Crippen LogP contribution in [0, 0.1) is 6.92 Å². The second-order valence-electron chi connectivity index (χ2n) is 8.14. The van der Waals surface area contributed by atoms with E-state index in [1.807, 2.05) is 25.1 Å². The molecule has 2 aliphatic heterocycles. The van der Waals surface area contributed by atoms with Crippen molar-refractivity contribution in [3.63, 3.8) is 0 Å². The van der Waals surface area contributed by atoms with Gasteiger partial charge in [-0.15, -0.1) is 0 Å². The summed E-state index contributed by atoms with van der Waals surface area (Å²) in [5.41, 5.74) is 2.32. The van der Waals surface area contributed by atoms with Crippen LogP contribution in [-0.2, 0) is 4.79 Å². The van der Waals surface area contributed by atoms with Gasteiger partial charge in [-0.25, -0.2) is 0 Å². The minimum atomic E-state index is -0.870. The van der Waals surface area contributed by atoms with Gasteiger partial charge in [0.05, 0.1) is 11.1 Å². The molecular weight excluding hydrogens is 394 g/mol. The summed E-state index contributed by atoms with van der Waals surface area (Å²) < 4.78 is 0. The molecule has 2 aromatic rings. The lowest BCUT2D eigenvalue weighted by molar-refractivity contribution is -0.136. The quantitative estimate of drug-likeness (QED) is 0.771. The van der Waals surface area contributed by atoms with Gasteiger partial charge in [0.25, 0.3) is 17.7 Å². The number of hydrogen-bond donors (Lipinski definition) is 1. The van der Waals surface area contributed by atoms with Crippen molar-refractivity contribution < 1.29 is 19.2 Å². The Bertz CT molecular complexity index is 1020. The van der Waals surface area contributed by atoms with Crippen molar-refractivity contribution in [2.24, 2.45) is 0 Å². The van der Waals surface area contributed by atoms with Crippen molar-refractivity contribution in [2.75, 3.05) is 13.1 Å². The van der Waals surface area contributed by atoms with Gasteiger partial charge in [0.15, 0.2) is 0 Å². The van der Waals surface area contributed by atoms with E-state index in [-0.39, 0.29) is 17.9 Å². The molecule has 0 spiro atoms. The Hall–Kier alpha value is -3.48. The first-order valence-corrected chi connectivity index (χ1v) is 10.5. The molecule has 0 aliphatic carbocycles. The Labute approximate surface area is 181 Å². The molecule has 4 amide bonds. The molecule has 7 nitrogen and oxygen atoms in total. The van der Waals surface area contributed by atoms with Crippen molar-refractivity contribution >= 4 is 23.6 Å². The number of carbonyl (C=O) groups excluding carboxylic acids is 4. The largest absolute Gasteiger partial charge is 0.349 e. The minimum Gasteiger partial charge on any atom is -0.349 e. The van der Waals surface area contributed by atoms with Crippen LogP contribution in [-0.4, -0.2) is 58.6 Å². The predicted molar refractivity (Wildman–Crippen MR) is 115 cm³/mol. The number of nitrogens with one attached hydrogen (secondary N) is 1. The number of amides is 4. The lowest BCUT2D eigenvalue weighted by atomic mass is 10.0. The van der Waals surface area contributed by atoms with E-state index in [9.17, 15) is 19.2 Å². The van der Waals surface area contributed by atoms with Gasteiger partial charge in [-0.2, -0.15) is 0 Å². The summed E-state index contributed by atoms with van der Waals surface area (Å²) in [5.74, 6) is -1.23. The first-order valence-electron chi connectivity index (χ1n) is 10.5. The normalized spacial score (nSPS) is 17.5. The highest BCUT2D eigenvalue weighted by molar-refractivity contribution is 6.22. The van der Waals surface area contributed by atoms with E-state index >= 15 is 0 Å². The Morgan fingerprint density at radius 2 is 1.58 bits per heavy atom. The summed E-state index contributed by atoms with van der Waals surface area (Å²) in [6.45, 7) is 4.46. The SMILES string of the molecule is Cc1cccc(C(=O)NC2CCN(C(=O)C(C)N3C(=O)c4ccccc4C3=O)CC2)c1. The molecule has 0 saturated carbocycles. The molecule has 0 radical (unpaired) electrons. The fourth-order valence-electron chi connectivity index (χ4n) is 4.23. The molecular formula is C24H25N3O4. The number of imide groups is 1. The molecule has 0 bridgehead atoms. The molecule has 2 aliphatic rings. The van der Waals surface area contributed by atoms with Crippen LogP contribution < -0.4 is 5.32 Å². The van der Waals surface area contributed by atoms with E-state index in [4.69, 9.17) is 0 Å². The number of hydrogen-bond acceptors (Lipinski definition) is 4. The summed E-state index contributed by atoms with van der Waals surface area (Å²) >= 11 is 0. The van der Waals surface area contributed by atoms with Gasteiger partial charge >= 0.3 is 0 Å². The summed E-state index contributed by atoms with van der Waals surface area (Å²) in [6.07, 6.45) is 1.25. The molecule has 160 valence electrons. The van der Waals surface area contributed by atoms with Gasteiger partial charge in [0.2, 0.25) is 5.91 Å². The van der Waals surface area contributed by atoms with Crippen LogP contribution in [0.3, 0.4) is 0 Å². The molecule has 7 heteroatoms. The number of piperidine rings is 1. The van der Waals surface area contributed by atoms with E-state index in [0.717, 1.165) is 10.5 Å². The molecule has 1 atom stereocenters. The number of aryl methyl sites for hydroxylation is 1. The average Bonchev–Trinajstić information content (AvgIpc) is 3.03. The van der Waals surface area contributed by atoms with Crippen LogP contribution >= 0.6 is 0 Å². The van der Waals surface area contributed by atoms with Crippen LogP contribution in [0.2, 0.25) is 0 Å². The molecule has 1 saturated heterocycles. The third-order valence-corrected chi connectivity index (χ3v) is 5.99. The highest BCUT2D eigenvalue weighted by Gasteiger charge is 2.42. The lowest BCUT2D eigenvalue weighted by Crippen LogP contribution is -2.53. The van der Waals surface area contributed by atoms with E-state index < -0.39 is 17.9 Å². The van der Waals surface area contributed by atoms with Crippen molar-refractivity contribution in [3.05, 3.63) is 70.8 Å². The molecule has 1 N–H and O–H groups in total. The first-order chi connectivity index (χ1) is 14.9. The van der Waals surface area contributed by atoms with E-state index in [1.54, 1.807) is 42.2 Å². The summed E-state index contributed by atoms with van der Waals surface area (Å²) in [6, 6.07) is 13.2. The fourth-order valence-corrected chi connectivity index (χ4v) is 4.23. The number of fused-ring (bicyclic) bond motifs is 1. The number of carbonyl (C=O) groups is 4. The highest BCUT2D eigenvalue weighted by Crippen LogP contribution is 2.25.